The van der Waals surface area contributed by atoms with Crippen molar-refractivity contribution in [1.29, 1.82) is 0 Å². The summed E-state index contributed by atoms with van der Waals surface area (Å²) in [5.74, 6) is 0.387. The van der Waals surface area contributed by atoms with Gasteiger partial charge in [0, 0.05) is 6.54 Å². The lowest BCUT2D eigenvalue weighted by atomic mass is 10.0. The SMILES string of the molecule is C=CCC(N)C(=O)NCc1ccc(C(C)C)cc1. The second kappa shape index (κ2) is 6.97. The highest BCUT2D eigenvalue weighted by atomic mass is 16.2. The van der Waals surface area contributed by atoms with Gasteiger partial charge >= 0.3 is 0 Å². The summed E-state index contributed by atoms with van der Waals surface area (Å²) in [5.41, 5.74) is 8.05. The monoisotopic (exact) mass is 246 g/mol. The maximum Gasteiger partial charge on any atom is 0.237 e. The highest BCUT2D eigenvalue weighted by Crippen LogP contribution is 2.14. The predicted octanol–water partition coefficient (Wildman–Crippen LogP) is 2.33. The lowest BCUT2D eigenvalue weighted by molar-refractivity contribution is -0.122. The van der Waals surface area contributed by atoms with E-state index < -0.39 is 6.04 Å². The van der Waals surface area contributed by atoms with Crippen LogP contribution in [0.3, 0.4) is 0 Å². The number of benzene rings is 1. The van der Waals surface area contributed by atoms with E-state index in [0.717, 1.165) is 5.56 Å². The molecular weight excluding hydrogens is 224 g/mol. The first-order chi connectivity index (χ1) is 8.54. The number of hydrogen-bond donors (Lipinski definition) is 2. The standard InChI is InChI=1S/C15H22N2O/c1-4-5-14(16)15(18)17-10-12-6-8-13(9-7-12)11(2)3/h4,6-9,11,14H,1,5,10,16H2,2-3H3,(H,17,18). The summed E-state index contributed by atoms with van der Waals surface area (Å²) in [5, 5.41) is 2.82. The molecule has 3 N–H and O–H groups in total. The van der Waals surface area contributed by atoms with Crippen LogP contribution in [0.15, 0.2) is 36.9 Å². The Morgan fingerprint density at radius 3 is 2.50 bits per heavy atom. The summed E-state index contributed by atoms with van der Waals surface area (Å²) in [7, 11) is 0. The molecule has 0 aliphatic heterocycles. The molecule has 18 heavy (non-hydrogen) atoms. The average molecular weight is 246 g/mol. The van der Waals surface area contributed by atoms with E-state index in [4.69, 9.17) is 5.73 Å². The van der Waals surface area contributed by atoms with Gasteiger partial charge in [-0.1, -0.05) is 44.2 Å². The molecule has 1 atom stereocenters. The molecule has 1 amide bonds. The zero-order chi connectivity index (χ0) is 13.5. The first-order valence-electron chi connectivity index (χ1n) is 6.27. The van der Waals surface area contributed by atoms with Crippen LogP contribution in [0.25, 0.3) is 0 Å². The van der Waals surface area contributed by atoms with Gasteiger partial charge in [0.05, 0.1) is 6.04 Å². The van der Waals surface area contributed by atoms with Crippen molar-refractivity contribution in [2.45, 2.75) is 38.8 Å². The summed E-state index contributed by atoms with van der Waals surface area (Å²) in [6.45, 7) is 8.40. The Kier molecular flexibility index (Phi) is 5.59. The molecule has 1 unspecified atom stereocenters. The van der Waals surface area contributed by atoms with Crippen molar-refractivity contribution in [3.63, 3.8) is 0 Å². The van der Waals surface area contributed by atoms with Crippen LogP contribution in [-0.4, -0.2) is 11.9 Å². The van der Waals surface area contributed by atoms with E-state index in [1.54, 1.807) is 6.08 Å². The van der Waals surface area contributed by atoms with E-state index >= 15 is 0 Å². The second-order valence-corrected chi connectivity index (χ2v) is 4.74. The van der Waals surface area contributed by atoms with Gasteiger partial charge in [0.15, 0.2) is 0 Å². The molecule has 0 aliphatic rings. The topological polar surface area (TPSA) is 55.1 Å². The molecule has 3 heteroatoms. The molecular formula is C15H22N2O. The Bertz CT molecular complexity index is 395. The highest BCUT2D eigenvalue weighted by Gasteiger charge is 2.10. The third-order valence-corrected chi connectivity index (χ3v) is 2.87. The molecule has 0 bridgehead atoms. The van der Waals surface area contributed by atoms with E-state index in [2.05, 4.69) is 37.9 Å². The minimum absolute atomic E-state index is 0.136. The Labute approximate surface area is 109 Å². The van der Waals surface area contributed by atoms with E-state index in [9.17, 15) is 4.79 Å². The van der Waals surface area contributed by atoms with Crippen LogP contribution in [0.5, 0.6) is 0 Å². The molecule has 3 nitrogen and oxygen atoms in total. The summed E-state index contributed by atoms with van der Waals surface area (Å²) < 4.78 is 0. The summed E-state index contributed by atoms with van der Waals surface area (Å²) >= 11 is 0. The molecule has 0 saturated carbocycles. The number of rotatable bonds is 6. The van der Waals surface area contributed by atoms with Crippen molar-refractivity contribution in [3.8, 4) is 0 Å². The summed E-state index contributed by atoms with van der Waals surface area (Å²) in [4.78, 5) is 11.6. The molecule has 1 aromatic carbocycles. The summed E-state index contributed by atoms with van der Waals surface area (Å²) in [6.07, 6.45) is 2.15. The van der Waals surface area contributed by atoms with Crippen molar-refractivity contribution < 1.29 is 4.79 Å². The zero-order valence-electron chi connectivity index (χ0n) is 11.1. The van der Waals surface area contributed by atoms with Gasteiger partial charge < -0.3 is 11.1 Å². The zero-order valence-corrected chi connectivity index (χ0v) is 11.1. The molecule has 0 aliphatic carbocycles. The van der Waals surface area contributed by atoms with Crippen LogP contribution in [0, 0.1) is 0 Å². The summed E-state index contributed by atoms with van der Waals surface area (Å²) in [6, 6.07) is 7.76. The van der Waals surface area contributed by atoms with Crippen LogP contribution < -0.4 is 11.1 Å². The molecule has 0 heterocycles. The smallest absolute Gasteiger partial charge is 0.237 e. The Morgan fingerprint density at radius 1 is 1.39 bits per heavy atom. The number of nitrogens with two attached hydrogens (primary N) is 1. The number of nitrogens with one attached hydrogen (secondary N) is 1. The minimum Gasteiger partial charge on any atom is -0.351 e. The highest BCUT2D eigenvalue weighted by molar-refractivity contribution is 5.81. The number of carbonyl (C=O) groups is 1. The van der Waals surface area contributed by atoms with Crippen molar-refractivity contribution in [2.24, 2.45) is 5.73 Å². The molecule has 0 radical (unpaired) electrons. The van der Waals surface area contributed by atoms with Crippen LogP contribution in [-0.2, 0) is 11.3 Å². The van der Waals surface area contributed by atoms with E-state index in [1.807, 2.05) is 12.1 Å². The lowest BCUT2D eigenvalue weighted by Gasteiger charge is -2.11. The fourth-order valence-corrected chi connectivity index (χ4v) is 1.63. The van der Waals surface area contributed by atoms with Crippen molar-refractivity contribution >= 4 is 5.91 Å². The third kappa shape index (κ3) is 4.34. The fraction of sp³-hybridized carbons (Fsp3) is 0.400. The van der Waals surface area contributed by atoms with Gasteiger partial charge in [-0.15, -0.1) is 6.58 Å². The first-order valence-corrected chi connectivity index (χ1v) is 6.27. The Morgan fingerprint density at radius 2 is 2.00 bits per heavy atom. The van der Waals surface area contributed by atoms with Crippen LogP contribution in [0.2, 0.25) is 0 Å². The number of amides is 1. The Hall–Kier alpha value is -1.61. The van der Waals surface area contributed by atoms with Gasteiger partial charge in [0.25, 0.3) is 0 Å². The van der Waals surface area contributed by atoms with E-state index in [0.29, 0.717) is 18.9 Å². The van der Waals surface area contributed by atoms with Gasteiger partial charge in [-0.3, -0.25) is 4.79 Å². The van der Waals surface area contributed by atoms with Crippen LogP contribution in [0.4, 0.5) is 0 Å². The van der Waals surface area contributed by atoms with Crippen molar-refractivity contribution in [1.82, 2.24) is 5.32 Å². The Balaban J connectivity index is 2.48. The number of hydrogen-bond acceptors (Lipinski definition) is 2. The fourth-order valence-electron chi connectivity index (χ4n) is 1.63. The van der Waals surface area contributed by atoms with Gasteiger partial charge in [-0.25, -0.2) is 0 Å². The minimum atomic E-state index is -0.502. The molecule has 0 spiro atoms. The van der Waals surface area contributed by atoms with E-state index in [1.165, 1.54) is 5.56 Å². The molecule has 1 rings (SSSR count). The third-order valence-electron chi connectivity index (χ3n) is 2.87. The molecule has 0 fully saturated rings. The maximum absolute atomic E-state index is 11.6. The van der Waals surface area contributed by atoms with Gasteiger partial charge in [0.1, 0.15) is 0 Å². The molecule has 0 saturated heterocycles. The van der Waals surface area contributed by atoms with Gasteiger partial charge in [-0.05, 0) is 23.5 Å². The van der Waals surface area contributed by atoms with Crippen molar-refractivity contribution in [3.05, 3.63) is 48.0 Å². The van der Waals surface area contributed by atoms with E-state index in [-0.39, 0.29) is 5.91 Å². The second-order valence-electron chi connectivity index (χ2n) is 4.74. The lowest BCUT2D eigenvalue weighted by Crippen LogP contribution is -2.39. The van der Waals surface area contributed by atoms with Crippen molar-refractivity contribution in [2.75, 3.05) is 0 Å². The molecule has 0 aromatic heterocycles. The maximum atomic E-state index is 11.6. The normalized spacial score (nSPS) is 12.2. The quantitative estimate of drug-likeness (QED) is 0.757. The van der Waals surface area contributed by atoms with Gasteiger partial charge in [0.2, 0.25) is 5.91 Å². The number of carbonyl (C=O) groups excluding carboxylic acids is 1. The van der Waals surface area contributed by atoms with Gasteiger partial charge in [-0.2, -0.15) is 0 Å². The largest absolute Gasteiger partial charge is 0.351 e. The first kappa shape index (κ1) is 14.5. The predicted molar refractivity (Wildman–Crippen MR) is 75.2 cm³/mol. The van der Waals surface area contributed by atoms with Crippen LogP contribution in [0.1, 0.15) is 37.3 Å². The molecule has 1 aromatic rings. The van der Waals surface area contributed by atoms with Crippen LogP contribution >= 0.6 is 0 Å². The molecule has 98 valence electrons. The average Bonchev–Trinajstić information content (AvgIpc) is 2.36.